The summed E-state index contributed by atoms with van der Waals surface area (Å²) in [4.78, 5) is 14.3. The molecule has 1 spiro atoms. The number of nitrogens with one attached hydrogen (secondary N) is 1. The standard InChI is InChI=1S/C24H22ClN3O6S6/c1-14(8-21-27(12-20(29)26-39(2,30)31)17-11-16(13-35)36-24(17)38-21)9-22-28(7-3-4-23(28)40(32,33)34)18-10-15(25)5-6-19(18)37-22/h5-6,8-11,13,23H,3-4,7,12H2,1-2H3/p+2. The molecule has 212 valence electrons. The van der Waals surface area contributed by atoms with Crippen molar-refractivity contribution < 1.29 is 30.7 Å². The Labute approximate surface area is 254 Å². The number of fused-ring (bicyclic) bond motifs is 3. The highest BCUT2D eigenvalue weighted by atomic mass is 35.5. The SMILES string of the molecule is CC(=Cc1sc2sc(C=S)cc2[n+]1CC(=O)NS(C)(=O)=O)C=C1Sc2ccc(Cl)cc2[N+]12CCCC2S(=O)(=O)O. The van der Waals surface area contributed by atoms with Crippen LogP contribution in [0.1, 0.15) is 29.7 Å². The molecule has 0 aliphatic carbocycles. The number of aromatic nitrogens is 1. The molecule has 1 fully saturated rings. The third kappa shape index (κ3) is 5.68. The summed E-state index contributed by atoms with van der Waals surface area (Å²) >= 11 is 15.7. The fourth-order valence-electron chi connectivity index (χ4n) is 5.18. The van der Waals surface area contributed by atoms with Crippen LogP contribution in [-0.2, 0) is 31.5 Å². The van der Waals surface area contributed by atoms with E-state index in [0.29, 0.717) is 29.4 Å². The van der Waals surface area contributed by atoms with Crippen LogP contribution in [0.15, 0.2) is 45.8 Å². The highest BCUT2D eigenvalue weighted by Gasteiger charge is 2.58. The van der Waals surface area contributed by atoms with E-state index in [1.165, 1.54) is 34.4 Å². The summed E-state index contributed by atoms with van der Waals surface area (Å²) in [5.41, 5.74) is 2.28. The summed E-state index contributed by atoms with van der Waals surface area (Å²) in [6.07, 6.45) is 5.62. The Morgan fingerprint density at radius 2 is 2.02 bits per heavy atom. The van der Waals surface area contributed by atoms with Crippen molar-refractivity contribution in [2.45, 2.75) is 36.6 Å². The molecular formula is C24H24ClN3O6S6+2. The molecule has 4 heterocycles. The van der Waals surface area contributed by atoms with E-state index in [0.717, 1.165) is 41.8 Å². The first-order chi connectivity index (χ1) is 18.7. The highest BCUT2D eigenvalue weighted by Crippen LogP contribution is 2.57. The van der Waals surface area contributed by atoms with Crippen LogP contribution < -0.4 is 13.8 Å². The number of thioether (sulfide) groups is 1. The Hall–Kier alpha value is -1.69. The summed E-state index contributed by atoms with van der Waals surface area (Å²) in [5.74, 6) is -0.677. The zero-order valence-electron chi connectivity index (χ0n) is 21.2. The summed E-state index contributed by atoms with van der Waals surface area (Å²) in [7, 11) is -8.11. The van der Waals surface area contributed by atoms with Gasteiger partial charge in [0.25, 0.3) is 10.9 Å². The number of hydrogen-bond donors (Lipinski definition) is 2. The number of benzene rings is 1. The first kappa shape index (κ1) is 29.8. The topological polar surface area (TPSA) is 121 Å². The molecule has 1 amide bonds. The molecule has 2 aliphatic heterocycles. The number of halogens is 1. The van der Waals surface area contributed by atoms with E-state index in [4.69, 9.17) is 23.8 Å². The van der Waals surface area contributed by atoms with E-state index in [1.54, 1.807) is 22.1 Å². The zero-order valence-corrected chi connectivity index (χ0v) is 26.8. The number of rotatable bonds is 7. The van der Waals surface area contributed by atoms with Crippen molar-refractivity contribution in [1.82, 2.24) is 9.21 Å². The van der Waals surface area contributed by atoms with E-state index in [1.807, 2.05) is 35.9 Å². The van der Waals surface area contributed by atoms with Crippen LogP contribution in [0.3, 0.4) is 0 Å². The van der Waals surface area contributed by atoms with Crippen LogP contribution >= 0.6 is 58.3 Å². The Morgan fingerprint density at radius 1 is 1.27 bits per heavy atom. The van der Waals surface area contributed by atoms with Crippen molar-refractivity contribution in [3.05, 3.63) is 55.9 Å². The molecule has 2 N–H and O–H groups in total. The molecule has 2 aliphatic rings. The number of thiophene rings is 1. The Kier molecular flexibility index (Phi) is 8.09. The summed E-state index contributed by atoms with van der Waals surface area (Å²) in [6.45, 7) is 2.14. The van der Waals surface area contributed by atoms with Crippen molar-refractivity contribution in [1.29, 1.82) is 0 Å². The molecule has 0 saturated carbocycles. The molecule has 16 heteroatoms. The maximum Gasteiger partial charge on any atom is 0.320 e. The fraction of sp³-hybridized carbons (Fsp3) is 0.292. The van der Waals surface area contributed by atoms with Gasteiger partial charge in [-0.3, -0.25) is 9.35 Å². The lowest BCUT2D eigenvalue weighted by molar-refractivity contribution is -0.655. The summed E-state index contributed by atoms with van der Waals surface area (Å²) in [6, 6.07) is 7.24. The first-order valence-electron chi connectivity index (χ1n) is 11.9. The normalized spacial score (nSPS) is 22.4. The van der Waals surface area contributed by atoms with Crippen LogP contribution in [-0.4, -0.2) is 50.8 Å². The van der Waals surface area contributed by atoms with E-state index < -0.39 is 31.4 Å². The number of sulfonamides is 1. The van der Waals surface area contributed by atoms with Crippen LogP contribution in [0.5, 0.6) is 0 Å². The van der Waals surface area contributed by atoms with Gasteiger partial charge in [0, 0.05) is 52.4 Å². The minimum Gasteiger partial charge on any atom is -0.281 e. The minimum absolute atomic E-state index is 0.0289. The molecule has 0 bridgehead atoms. The maximum atomic E-state index is 12.6. The highest BCUT2D eigenvalue weighted by molar-refractivity contribution is 8.03. The average molecular weight is 678 g/mol. The van der Waals surface area contributed by atoms with Crippen LogP contribution in [0.25, 0.3) is 15.6 Å². The molecule has 2 atom stereocenters. The molecule has 1 aromatic carbocycles. The number of amides is 1. The molecule has 40 heavy (non-hydrogen) atoms. The van der Waals surface area contributed by atoms with Gasteiger partial charge in [0.05, 0.1) is 17.7 Å². The molecule has 1 saturated heterocycles. The van der Waals surface area contributed by atoms with Gasteiger partial charge in [0.2, 0.25) is 27.5 Å². The lowest BCUT2D eigenvalue weighted by Crippen LogP contribution is -2.52. The Morgan fingerprint density at radius 3 is 2.70 bits per heavy atom. The third-order valence-corrected chi connectivity index (χ3v) is 12.7. The molecule has 2 aromatic heterocycles. The van der Waals surface area contributed by atoms with E-state index in [-0.39, 0.29) is 11.0 Å². The van der Waals surface area contributed by atoms with Gasteiger partial charge in [0.1, 0.15) is 0 Å². The predicted octanol–water partition coefficient (Wildman–Crippen LogP) is 4.69. The Bertz CT molecular complexity index is 1840. The second-order valence-electron chi connectivity index (χ2n) is 9.55. The number of carbonyl (C=O) groups is 1. The van der Waals surface area contributed by atoms with Gasteiger partial charge < -0.3 is 0 Å². The first-order valence-corrected chi connectivity index (χ1v) is 18.6. The summed E-state index contributed by atoms with van der Waals surface area (Å²) in [5, 5.41) is 2.43. The molecular weight excluding hydrogens is 654 g/mol. The molecule has 2 unspecified atom stereocenters. The van der Waals surface area contributed by atoms with Crippen LogP contribution in [0.2, 0.25) is 5.02 Å². The van der Waals surface area contributed by atoms with Crippen molar-refractivity contribution >= 4 is 111 Å². The largest absolute Gasteiger partial charge is 0.320 e. The van der Waals surface area contributed by atoms with Gasteiger partial charge in [-0.15, -0.1) is 11.3 Å². The summed E-state index contributed by atoms with van der Waals surface area (Å²) < 4.78 is 63.2. The third-order valence-electron chi connectivity index (χ3n) is 6.63. The number of nitrogens with zero attached hydrogens (tertiary/aromatic N) is 2. The van der Waals surface area contributed by atoms with E-state index >= 15 is 0 Å². The maximum absolute atomic E-state index is 12.6. The Balaban J connectivity index is 1.60. The number of carbonyl (C=O) groups excluding carboxylic acids is 1. The quantitative estimate of drug-likeness (QED) is 0.160. The van der Waals surface area contributed by atoms with Crippen molar-refractivity contribution in [3.63, 3.8) is 0 Å². The molecule has 3 aromatic rings. The second kappa shape index (κ2) is 10.9. The zero-order chi connectivity index (χ0) is 29.0. The second-order valence-corrected chi connectivity index (χ2v) is 17.0. The number of quaternary nitrogens is 1. The predicted molar refractivity (Wildman–Crippen MR) is 166 cm³/mol. The average Bonchev–Trinajstić information content (AvgIpc) is 3.58. The lowest BCUT2D eigenvalue weighted by Gasteiger charge is -2.34. The van der Waals surface area contributed by atoms with E-state index in [2.05, 4.69) is 0 Å². The molecule has 5 rings (SSSR count). The fourth-order valence-corrected chi connectivity index (χ4v) is 11.2. The van der Waals surface area contributed by atoms with Gasteiger partial charge in [-0.05, 0) is 36.4 Å². The monoisotopic (exact) mass is 677 g/mol. The number of hydrogen-bond acceptors (Lipinski definition) is 9. The van der Waals surface area contributed by atoms with Crippen molar-refractivity contribution in [2.75, 3.05) is 12.8 Å². The molecule has 9 nitrogen and oxygen atoms in total. The van der Waals surface area contributed by atoms with Crippen molar-refractivity contribution in [3.8, 4) is 0 Å². The lowest BCUT2D eigenvalue weighted by atomic mass is 10.2. The molecule has 0 radical (unpaired) electrons. The number of thiazole rings is 1. The van der Waals surface area contributed by atoms with Gasteiger partial charge in [-0.2, -0.15) is 13.0 Å². The van der Waals surface area contributed by atoms with E-state index in [9.17, 15) is 26.2 Å². The van der Waals surface area contributed by atoms with Crippen molar-refractivity contribution in [2.24, 2.45) is 0 Å². The van der Waals surface area contributed by atoms with Gasteiger partial charge in [-0.25, -0.2) is 17.6 Å². The van der Waals surface area contributed by atoms with Crippen LogP contribution in [0.4, 0.5) is 5.69 Å². The number of allylic oxidation sites excluding steroid dienone is 2. The van der Waals surface area contributed by atoms with Gasteiger partial charge in [0.15, 0.2) is 14.7 Å². The van der Waals surface area contributed by atoms with Gasteiger partial charge >= 0.3 is 10.1 Å². The smallest absolute Gasteiger partial charge is 0.281 e. The van der Waals surface area contributed by atoms with Crippen LogP contribution in [0, 0.1) is 0 Å². The minimum atomic E-state index is -4.38. The van der Waals surface area contributed by atoms with Gasteiger partial charge in [-0.1, -0.05) is 35.2 Å². The number of thiocarbonyl (C=S) groups is 1.